The third-order valence-electron chi connectivity index (χ3n) is 5.03. The molecule has 28 heavy (non-hydrogen) atoms. The molecule has 6 nitrogen and oxygen atoms in total. The largest absolute Gasteiger partial charge is 0.586 e. The molecule has 0 atom stereocenters. The molecule has 0 saturated heterocycles. The Morgan fingerprint density at radius 2 is 1.79 bits per heavy atom. The molecule has 0 bridgehead atoms. The smallest absolute Gasteiger partial charge is 0.395 e. The third kappa shape index (κ3) is 4.65. The summed E-state index contributed by atoms with van der Waals surface area (Å²) in [6.45, 7) is 5.50. The molecule has 0 spiro atoms. The van der Waals surface area contributed by atoms with Crippen LogP contribution in [-0.4, -0.2) is 32.0 Å². The van der Waals surface area contributed by atoms with E-state index in [0.29, 0.717) is 25.1 Å². The zero-order valence-corrected chi connectivity index (χ0v) is 16.8. The topological polar surface area (TPSA) is 76.7 Å². The van der Waals surface area contributed by atoms with Gasteiger partial charge >= 0.3 is 6.29 Å². The number of anilines is 1. The van der Waals surface area contributed by atoms with Crippen LogP contribution in [0.1, 0.15) is 46.5 Å². The number of ether oxygens (including phenoxy) is 2. The molecule has 10 heteroatoms. The quantitative estimate of drug-likeness (QED) is 0.754. The fourth-order valence-corrected chi connectivity index (χ4v) is 4.28. The van der Waals surface area contributed by atoms with E-state index in [2.05, 4.69) is 19.5 Å². The van der Waals surface area contributed by atoms with E-state index in [9.17, 15) is 21.6 Å². The van der Waals surface area contributed by atoms with Gasteiger partial charge in [0.1, 0.15) is 0 Å². The fourth-order valence-electron chi connectivity index (χ4n) is 3.26. The predicted octanol–water partition coefficient (Wildman–Crippen LogP) is 3.84. The second kappa shape index (κ2) is 7.29. The summed E-state index contributed by atoms with van der Waals surface area (Å²) in [4.78, 5) is 0. The van der Waals surface area contributed by atoms with E-state index in [1.54, 1.807) is 20.8 Å². The fraction of sp³-hybridized carbons (Fsp3) is 0.667. The van der Waals surface area contributed by atoms with Crippen molar-refractivity contribution in [3.63, 3.8) is 0 Å². The standard InChI is InChI=1S/C18H25F3N2O4S/c1-17(2,3)28(24,25)23-12-6-4-11(5-7-12)10-22-13-8-14(19)16-15(9-13)26-18(20,21)27-16/h8-9,11-12,22-23H,4-7,10H2,1-3H3. The van der Waals surface area contributed by atoms with Crippen LogP contribution in [0.5, 0.6) is 11.5 Å². The van der Waals surface area contributed by atoms with Gasteiger partial charge in [0.15, 0.2) is 11.6 Å². The minimum atomic E-state index is -3.86. The average Bonchev–Trinajstić information content (AvgIpc) is 2.87. The Bertz CT molecular complexity index is 832. The summed E-state index contributed by atoms with van der Waals surface area (Å²) < 4.78 is 74.9. The number of nitrogens with one attached hydrogen (secondary N) is 2. The maximum Gasteiger partial charge on any atom is 0.586 e. The van der Waals surface area contributed by atoms with Crippen LogP contribution in [-0.2, 0) is 10.0 Å². The number of hydrogen-bond donors (Lipinski definition) is 2. The Morgan fingerprint density at radius 3 is 2.39 bits per heavy atom. The average molecular weight is 422 g/mol. The molecule has 3 rings (SSSR count). The maximum atomic E-state index is 13.9. The molecule has 0 radical (unpaired) electrons. The summed E-state index contributed by atoms with van der Waals surface area (Å²) in [6.07, 6.45) is -0.835. The lowest BCUT2D eigenvalue weighted by atomic mass is 9.86. The first kappa shape index (κ1) is 21.0. The van der Waals surface area contributed by atoms with Gasteiger partial charge in [-0.2, -0.15) is 0 Å². The van der Waals surface area contributed by atoms with Crippen LogP contribution in [0.3, 0.4) is 0 Å². The van der Waals surface area contributed by atoms with Crippen LogP contribution in [0.2, 0.25) is 0 Å². The number of rotatable bonds is 5. The minimum absolute atomic E-state index is 0.0919. The van der Waals surface area contributed by atoms with Crippen molar-refractivity contribution in [2.75, 3.05) is 11.9 Å². The Balaban J connectivity index is 1.51. The van der Waals surface area contributed by atoms with E-state index < -0.39 is 32.6 Å². The summed E-state index contributed by atoms with van der Waals surface area (Å²) in [5.41, 5.74) is 0.327. The van der Waals surface area contributed by atoms with Crippen molar-refractivity contribution in [1.82, 2.24) is 4.72 Å². The molecule has 1 aromatic rings. The second-order valence-corrected chi connectivity index (χ2v) is 10.8. The highest BCUT2D eigenvalue weighted by atomic mass is 32.2. The van der Waals surface area contributed by atoms with Crippen molar-refractivity contribution in [2.24, 2.45) is 5.92 Å². The molecule has 0 aromatic heterocycles. The lowest BCUT2D eigenvalue weighted by Crippen LogP contribution is -2.46. The van der Waals surface area contributed by atoms with Crippen molar-refractivity contribution in [3.05, 3.63) is 17.9 Å². The highest BCUT2D eigenvalue weighted by Gasteiger charge is 2.45. The van der Waals surface area contributed by atoms with Gasteiger partial charge in [-0.1, -0.05) is 0 Å². The molecule has 0 unspecified atom stereocenters. The lowest BCUT2D eigenvalue weighted by molar-refractivity contribution is -0.287. The number of benzene rings is 1. The van der Waals surface area contributed by atoms with E-state index in [1.165, 1.54) is 6.07 Å². The predicted molar refractivity (Wildman–Crippen MR) is 98.6 cm³/mol. The highest BCUT2D eigenvalue weighted by Crippen LogP contribution is 2.44. The van der Waals surface area contributed by atoms with Crippen LogP contribution >= 0.6 is 0 Å². The van der Waals surface area contributed by atoms with Crippen LogP contribution in [0.4, 0.5) is 18.9 Å². The van der Waals surface area contributed by atoms with Gasteiger partial charge in [-0.05, 0) is 52.4 Å². The number of sulfonamides is 1. The Kier molecular flexibility index (Phi) is 5.48. The number of hydrogen-bond acceptors (Lipinski definition) is 5. The molecule has 1 fully saturated rings. The number of fused-ring (bicyclic) bond motifs is 1. The molecule has 1 aliphatic heterocycles. The lowest BCUT2D eigenvalue weighted by Gasteiger charge is -2.31. The van der Waals surface area contributed by atoms with Crippen molar-refractivity contribution in [2.45, 2.75) is 63.5 Å². The summed E-state index contributed by atoms with van der Waals surface area (Å²) >= 11 is 0. The minimum Gasteiger partial charge on any atom is -0.395 e. The molecular formula is C18H25F3N2O4S. The van der Waals surface area contributed by atoms with Crippen LogP contribution in [0, 0.1) is 11.7 Å². The second-order valence-electron chi connectivity index (χ2n) is 8.29. The van der Waals surface area contributed by atoms with Gasteiger partial charge < -0.3 is 14.8 Å². The first-order chi connectivity index (χ1) is 12.9. The van der Waals surface area contributed by atoms with Gasteiger partial charge in [0.2, 0.25) is 15.8 Å². The summed E-state index contributed by atoms with van der Waals surface area (Å²) in [6, 6.07) is 2.28. The first-order valence-corrected chi connectivity index (χ1v) is 10.7. The molecule has 1 heterocycles. The monoisotopic (exact) mass is 422 g/mol. The Labute approximate surface area is 162 Å². The third-order valence-corrected chi connectivity index (χ3v) is 7.28. The number of alkyl halides is 2. The molecular weight excluding hydrogens is 397 g/mol. The summed E-state index contributed by atoms with van der Waals surface area (Å²) in [7, 11) is -3.38. The maximum absolute atomic E-state index is 13.9. The Hall–Kier alpha value is -1.68. The molecule has 158 valence electrons. The van der Waals surface area contributed by atoms with Gasteiger partial charge in [0.25, 0.3) is 0 Å². The van der Waals surface area contributed by atoms with E-state index in [0.717, 1.165) is 18.9 Å². The molecule has 1 saturated carbocycles. The van der Waals surface area contributed by atoms with E-state index in [1.807, 2.05) is 0 Å². The van der Waals surface area contributed by atoms with Gasteiger partial charge in [-0.25, -0.2) is 17.5 Å². The van der Waals surface area contributed by atoms with E-state index in [4.69, 9.17) is 0 Å². The van der Waals surface area contributed by atoms with Gasteiger partial charge in [-0.15, -0.1) is 8.78 Å². The van der Waals surface area contributed by atoms with Crippen molar-refractivity contribution >= 4 is 15.7 Å². The zero-order chi connectivity index (χ0) is 20.7. The summed E-state index contributed by atoms with van der Waals surface area (Å²) in [5.74, 6) is -1.59. The van der Waals surface area contributed by atoms with Crippen LogP contribution in [0.15, 0.2) is 12.1 Å². The van der Waals surface area contributed by atoms with Gasteiger partial charge in [0.05, 0.1) is 4.75 Å². The van der Waals surface area contributed by atoms with Crippen molar-refractivity contribution in [3.8, 4) is 11.5 Å². The van der Waals surface area contributed by atoms with Gasteiger partial charge in [-0.3, -0.25) is 0 Å². The zero-order valence-electron chi connectivity index (χ0n) is 16.0. The van der Waals surface area contributed by atoms with Gasteiger partial charge in [0, 0.05) is 30.4 Å². The SMILES string of the molecule is CC(C)(C)S(=O)(=O)NC1CCC(CNc2cc(F)c3c(c2)OC(F)(F)O3)CC1. The van der Waals surface area contributed by atoms with Crippen molar-refractivity contribution < 1.29 is 31.1 Å². The Morgan fingerprint density at radius 1 is 1.14 bits per heavy atom. The van der Waals surface area contributed by atoms with Crippen LogP contribution in [0.25, 0.3) is 0 Å². The molecule has 2 N–H and O–H groups in total. The molecule has 1 aromatic carbocycles. The number of halogens is 3. The first-order valence-electron chi connectivity index (χ1n) is 9.21. The van der Waals surface area contributed by atoms with E-state index in [-0.39, 0.29) is 17.7 Å². The molecule has 0 amide bonds. The highest BCUT2D eigenvalue weighted by molar-refractivity contribution is 7.90. The van der Waals surface area contributed by atoms with Crippen molar-refractivity contribution in [1.29, 1.82) is 0 Å². The van der Waals surface area contributed by atoms with E-state index >= 15 is 0 Å². The molecule has 2 aliphatic rings. The van der Waals surface area contributed by atoms with Crippen LogP contribution < -0.4 is 19.5 Å². The molecule has 1 aliphatic carbocycles. The normalized spacial score (nSPS) is 24.2. The summed E-state index contributed by atoms with van der Waals surface area (Å²) in [5, 5.41) is 3.04.